The predicted octanol–water partition coefficient (Wildman–Crippen LogP) is 0.469. The Morgan fingerprint density at radius 3 is 2.38 bits per heavy atom. The summed E-state index contributed by atoms with van der Waals surface area (Å²) in [5, 5.41) is 2.26. The second-order valence-corrected chi connectivity index (χ2v) is 9.02. The van der Waals surface area contributed by atoms with Crippen LogP contribution in [0.5, 0.6) is 0 Å². The molecule has 1 saturated carbocycles. The summed E-state index contributed by atoms with van der Waals surface area (Å²) in [5.74, 6) is -0.387. The number of nitrogens with one attached hydrogen (secondary N) is 1. The number of sulfone groups is 1. The van der Waals surface area contributed by atoms with Gasteiger partial charge in [0.1, 0.15) is 11.6 Å². The first-order valence-electron chi connectivity index (χ1n) is 7.55. The van der Waals surface area contributed by atoms with E-state index in [-0.39, 0.29) is 24.1 Å². The standard InChI is InChI=1S/C14H24N2O4S/c1-10(2)21(19,20)9-8-16-12(17)11(3)15-13(18)14(16)6-4-5-7-14/h10-11H,4-9H2,1-3H3,(H,15,18). The van der Waals surface area contributed by atoms with Crippen LogP contribution in [0.1, 0.15) is 46.5 Å². The fourth-order valence-electron chi connectivity index (χ4n) is 3.20. The molecule has 0 radical (unpaired) electrons. The molecule has 0 aromatic heterocycles. The molecule has 7 heteroatoms. The molecule has 6 nitrogen and oxygen atoms in total. The third-order valence-electron chi connectivity index (χ3n) is 4.67. The van der Waals surface area contributed by atoms with E-state index in [1.807, 2.05) is 0 Å². The summed E-state index contributed by atoms with van der Waals surface area (Å²) in [6.45, 7) is 5.02. The topological polar surface area (TPSA) is 83.6 Å². The SMILES string of the molecule is CC1NC(=O)C2(CCCC2)N(CCS(=O)(=O)C(C)C)C1=O. The van der Waals surface area contributed by atoms with E-state index in [0.29, 0.717) is 12.8 Å². The summed E-state index contributed by atoms with van der Waals surface area (Å²) < 4.78 is 24.0. The van der Waals surface area contributed by atoms with Crippen LogP contribution >= 0.6 is 0 Å². The van der Waals surface area contributed by atoms with Crippen LogP contribution < -0.4 is 5.32 Å². The Bertz CT molecular complexity index is 535. The highest BCUT2D eigenvalue weighted by Crippen LogP contribution is 2.38. The first-order chi connectivity index (χ1) is 9.70. The Hall–Kier alpha value is -1.11. The molecule has 21 heavy (non-hydrogen) atoms. The van der Waals surface area contributed by atoms with E-state index in [2.05, 4.69) is 5.32 Å². The molecule has 0 aromatic rings. The normalized spacial score (nSPS) is 25.7. The summed E-state index contributed by atoms with van der Waals surface area (Å²) in [5.41, 5.74) is -0.823. The maximum atomic E-state index is 12.4. The largest absolute Gasteiger partial charge is 0.343 e. The fourth-order valence-corrected chi connectivity index (χ4v) is 4.10. The van der Waals surface area contributed by atoms with Gasteiger partial charge in [0.2, 0.25) is 11.8 Å². The van der Waals surface area contributed by atoms with Gasteiger partial charge < -0.3 is 10.2 Å². The Balaban J connectivity index is 2.24. The molecule has 2 fully saturated rings. The zero-order valence-corrected chi connectivity index (χ0v) is 13.7. The maximum absolute atomic E-state index is 12.4. The molecule has 1 N–H and O–H groups in total. The Morgan fingerprint density at radius 1 is 1.29 bits per heavy atom. The average molecular weight is 316 g/mol. The molecule has 1 unspecified atom stereocenters. The third kappa shape index (κ3) is 2.80. The maximum Gasteiger partial charge on any atom is 0.246 e. The lowest BCUT2D eigenvalue weighted by Crippen LogP contribution is -2.69. The molecule has 1 aliphatic carbocycles. The number of rotatable bonds is 4. The first-order valence-corrected chi connectivity index (χ1v) is 9.26. The van der Waals surface area contributed by atoms with Crippen molar-refractivity contribution in [2.75, 3.05) is 12.3 Å². The predicted molar refractivity (Wildman–Crippen MR) is 79.4 cm³/mol. The highest BCUT2D eigenvalue weighted by atomic mass is 32.2. The molecule has 1 saturated heterocycles. The van der Waals surface area contributed by atoms with Gasteiger partial charge >= 0.3 is 0 Å². The quantitative estimate of drug-likeness (QED) is 0.817. The van der Waals surface area contributed by atoms with Crippen molar-refractivity contribution in [2.24, 2.45) is 0 Å². The van der Waals surface area contributed by atoms with Gasteiger partial charge in [-0.1, -0.05) is 12.8 Å². The van der Waals surface area contributed by atoms with Gasteiger partial charge in [-0.25, -0.2) is 8.42 Å². The zero-order valence-electron chi connectivity index (χ0n) is 12.9. The minimum atomic E-state index is -3.23. The van der Waals surface area contributed by atoms with Crippen molar-refractivity contribution in [1.82, 2.24) is 10.2 Å². The Labute approximate surface area is 126 Å². The van der Waals surface area contributed by atoms with Crippen LogP contribution in [0.3, 0.4) is 0 Å². The van der Waals surface area contributed by atoms with Gasteiger partial charge in [-0.2, -0.15) is 0 Å². The highest BCUT2D eigenvalue weighted by molar-refractivity contribution is 7.92. The van der Waals surface area contributed by atoms with Gasteiger partial charge in [0.25, 0.3) is 0 Å². The van der Waals surface area contributed by atoms with Gasteiger partial charge in [-0.05, 0) is 33.6 Å². The molecule has 1 atom stereocenters. The molecular weight excluding hydrogens is 292 g/mol. The summed E-state index contributed by atoms with van der Waals surface area (Å²) in [7, 11) is -3.23. The van der Waals surface area contributed by atoms with E-state index in [1.54, 1.807) is 20.8 Å². The van der Waals surface area contributed by atoms with Crippen LogP contribution in [-0.2, 0) is 19.4 Å². The van der Waals surface area contributed by atoms with Gasteiger partial charge in [-0.3, -0.25) is 9.59 Å². The van der Waals surface area contributed by atoms with Crippen LogP contribution in [-0.4, -0.2) is 54.3 Å². The van der Waals surface area contributed by atoms with Crippen molar-refractivity contribution in [2.45, 2.75) is 63.3 Å². The minimum absolute atomic E-state index is 0.0852. The van der Waals surface area contributed by atoms with Crippen LogP contribution in [0.15, 0.2) is 0 Å². The molecule has 1 heterocycles. The number of carbonyl (C=O) groups excluding carboxylic acids is 2. The monoisotopic (exact) mass is 316 g/mol. The van der Waals surface area contributed by atoms with Crippen LogP contribution in [0.2, 0.25) is 0 Å². The zero-order chi connectivity index (χ0) is 15.8. The number of piperazine rings is 1. The first kappa shape index (κ1) is 16.3. The Kier molecular flexibility index (Phi) is 4.33. The summed E-state index contributed by atoms with van der Waals surface area (Å²) in [4.78, 5) is 26.4. The van der Waals surface area contributed by atoms with Gasteiger partial charge in [-0.15, -0.1) is 0 Å². The second-order valence-electron chi connectivity index (χ2n) is 6.34. The number of amides is 2. The van der Waals surface area contributed by atoms with E-state index >= 15 is 0 Å². The van der Waals surface area contributed by atoms with Crippen molar-refractivity contribution in [3.63, 3.8) is 0 Å². The average Bonchev–Trinajstić information content (AvgIpc) is 2.87. The molecule has 2 aliphatic rings. The lowest BCUT2D eigenvalue weighted by Gasteiger charge is -2.45. The lowest BCUT2D eigenvalue weighted by atomic mass is 9.90. The van der Waals surface area contributed by atoms with E-state index < -0.39 is 26.7 Å². The van der Waals surface area contributed by atoms with Gasteiger partial charge in [0.05, 0.1) is 11.0 Å². The van der Waals surface area contributed by atoms with E-state index in [4.69, 9.17) is 0 Å². The molecular formula is C14H24N2O4S. The Morgan fingerprint density at radius 2 is 1.86 bits per heavy atom. The third-order valence-corrected chi connectivity index (χ3v) is 6.86. The number of nitrogens with zero attached hydrogens (tertiary/aromatic N) is 1. The van der Waals surface area contributed by atoms with E-state index in [9.17, 15) is 18.0 Å². The van der Waals surface area contributed by atoms with Crippen molar-refractivity contribution in [3.05, 3.63) is 0 Å². The van der Waals surface area contributed by atoms with Crippen LogP contribution in [0.25, 0.3) is 0 Å². The molecule has 1 spiro atoms. The number of carbonyl (C=O) groups is 2. The highest BCUT2D eigenvalue weighted by Gasteiger charge is 2.52. The second kappa shape index (κ2) is 5.59. The molecule has 0 aromatic carbocycles. The van der Waals surface area contributed by atoms with E-state index in [0.717, 1.165) is 12.8 Å². The van der Waals surface area contributed by atoms with E-state index in [1.165, 1.54) is 4.90 Å². The fraction of sp³-hybridized carbons (Fsp3) is 0.857. The van der Waals surface area contributed by atoms with Gasteiger partial charge in [0.15, 0.2) is 9.84 Å². The van der Waals surface area contributed by atoms with Crippen molar-refractivity contribution in [1.29, 1.82) is 0 Å². The minimum Gasteiger partial charge on any atom is -0.343 e. The molecule has 1 aliphatic heterocycles. The van der Waals surface area contributed by atoms with Crippen molar-refractivity contribution >= 4 is 21.7 Å². The summed E-state index contributed by atoms with van der Waals surface area (Å²) >= 11 is 0. The smallest absolute Gasteiger partial charge is 0.246 e. The number of hydrogen-bond donors (Lipinski definition) is 1. The lowest BCUT2D eigenvalue weighted by molar-refractivity contribution is -0.156. The van der Waals surface area contributed by atoms with Crippen LogP contribution in [0.4, 0.5) is 0 Å². The molecule has 2 rings (SSSR count). The van der Waals surface area contributed by atoms with Gasteiger partial charge in [0, 0.05) is 6.54 Å². The number of hydrogen-bond acceptors (Lipinski definition) is 4. The molecule has 2 amide bonds. The summed E-state index contributed by atoms with van der Waals surface area (Å²) in [6.07, 6.45) is 3.03. The van der Waals surface area contributed by atoms with Crippen molar-refractivity contribution in [3.8, 4) is 0 Å². The molecule has 0 bridgehead atoms. The summed E-state index contributed by atoms with van der Waals surface area (Å²) in [6, 6.07) is -0.578. The van der Waals surface area contributed by atoms with Crippen molar-refractivity contribution < 1.29 is 18.0 Å². The molecule has 120 valence electrons. The van der Waals surface area contributed by atoms with Crippen LogP contribution in [0, 0.1) is 0 Å².